The van der Waals surface area contributed by atoms with E-state index in [-0.39, 0.29) is 17.7 Å². The van der Waals surface area contributed by atoms with Crippen LogP contribution in [0.3, 0.4) is 0 Å². The van der Waals surface area contributed by atoms with Crippen molar-refractivity contribution in [3.8, 4) is 11.9 Å². The van der Waals surface area contributed by atoms with E-state index in [2.05, 4.69) is 16.3 Å². The van der Waals surface area contributed by atoms with Crippen LogP contribution in [0.4, 0.5) is 8.78 Å². The van der Waals surface area contributed by atoms with Gasteiger partial charge in [-0.25, -0.2) is 13.8 Å². The smallest absolute Gasteiger partial charge is 0.246 e. The minimum Gasteiger partial charge on any atom is -0.476 e. The second-order valence-corrected chi connectivity index (χ2v) is 8.94. The second kappa shape index (κ2) is 8.01. The van der Waals surface area contributed by atoms with Gasteiger partial charge >= 0.3 is 0 Å². The molecular weight excluding hydrogens is 416 g/mol. The number of nitriles is 1. The molecule has 6 rings (SSSR count). The minimum atomic E-state index is -0.662. The van der Waals surface area contributed by atoms with Crippen LogP contribution in [0, 0.1) is 46.6 Å². The van der Waals surface area contributed by atoms with E-state index in [1.54, 1.807) is 19.3 Å². The molecule has 2 unspecified atom stereocenters. The summed E-state index contributed by atoms with van der Waals surface area (Å²) in [5.74, 6) is -0.170. The number of fused-ring (bicyclic) bond motifs is 2. The van der Waals surface area contributed by atoms with E-state index in [0.717, 1.165) is 18.9 Å². The molecule has 0 N–H and O–H groups in total. The molecule has 3 saturated carbocycles. The first-order valence-electron chi connectivity index (χ1n) is 10.8. The summed E-state index contributed by atoms with van der Waals surface area (Å²) in [6.07, 6.45) is 4.68. The van der Waals surface area contributed by atoms with Crippen molar-refractivity contribution < 1.29 is 18.3 Å². The standard InChI is InChI=1S/C23H23F2N5O2/c1-29-19(11-26)10-22(28-29)32-12-16-8-20(14-4-13(16)5-14)23(31)30-21(2-3-27-30)15-6-17(24)9-18(25)7-15/h3,6-7,9-10,13-14,16,20-21H,2,4-5,8,12H2,1H3/t13?,14?,16?,20-,21?/m0/s1. The molecule has 0 saturated heterocycles. The van der Waals surface area contributed by atoms with E-state index in [4.69, 9.17) is 10.00 Å². The highest BCUT2D eigenvalue weighted by atomic mass is 19.1. The molecule has 3 fully saturated rings. The zero-order valence-electron chi connectivity index (χ0n) is 17.6. The number of hydrogen-bond acceptors (Lipinski definition) is 5. The minimum absolute atomic E-state index is 0.0915. The molecule has 1 aromatic heterocycles. The Kier molecular flexibility index (Phi) is 5.16. The van der Waals surface area contributed by atoms with Crippen molar-refractivity contribution >= 4 is 12.1 Å². The molecule has 32 heavy (non-hydrogen) atoms. The number of ether oxygens (including phenoxy) is 1. The van der Waals surface area contributed by atoms with Crippen LogP contribution in [0.25, 0.3) is 0 Å². The molecule has 9 heteroatoms. The van der Waals surface area contributed by atoms with Crippen LogP contribution in [0.15, 0.2) is 29.4 Å². The van der Waals surface area contributed by atoms with Gasteiger partial charge in [0.05, 0.1) is 12.6 Å². The maximum Gasteiger partial charge on any atom is 0.246 e. The molecular formula is C23H23F2N5O2. The predicted molar refractivity (Wildman–Crippen MR) is 110 cm³/mol. The second-order valence-electron chi connectivity index (χ2n) is 8.94. The van der Waals surface area contributed by atoms with Crippen LogP contribution in [0.5, 0.6) is 5.88 Å². The highest BCUT2D eigenvalue weighted by Gasteiger charge is 2.50. The molecule has 1 aromatic carbocycles. The molecule has 0 radical (unpaired) electrons. The molecule has 2 bridgehead atoms. The summed E-state index contributed by atoms with van der Waals surface area (Å²) in [7, 11) is 1.69. The van der Waals surface area contributed by atoms with Crippen molar-refractivity contribution in [1.82, 2.24) is 14.8 Å². The maximum atomic E-state index is 13.7. The van der Waals surface area contributed by atoms with Gasteiger partial charge in [0.15, 0.2) is 0 Å². The maximum absolute atomic E-state index is 13.7. The zero-order valence-corrected chi connectivity index (χ0v) is 17.6. The molecule has 2 heterocycles. The Bertz CT molecular complexity index is 1100. The van der Waals surface area contributed by atoms with Gasteiger partial charge in [-0.05, 0) is 54.7 Å². The Morgan fingerprint density at radius 3 is 2.62 bits per heavy atom. The fourth-order valence-electron chi connectivity index (χ4n) is 5.29. The van der Waals surface area contributed by atoms with E-state index >= 15 is 0 Å². The van der Waals surface area contributed by atoms with Crippen molar-refractivity contribution in [2.24, 2.45) is 35.8 Å². The predicted octanol–water partition coefficient (Wildman–Crippen LogP) is 3.57. The van der Waals surface area contributed by atoms with Gasteiger partial charge in [-0.3, -0.25) is 9.48 Å². The fraction of sp³-hybridized carbons (Fsp3) is 0.478. The fourth-order valence-corrected chi connectivity index (χ4v) is 5.29. The molecule has 2 aromatic rings. The van der Waals surface area contributed by atoms with Gasteiger partial charge in [0.2, 0.25) is 11.8 Å². The number of nitrogens with zero attached hydrogens (tertiary/aromatic N) is 5. The van der Waals surface area contributed by atoms with E-state index in [1.165, 1.54) is 21.8 Å². The van der Waals surface area contributed by atoms with Crippen LogP contribution in [-0.4, -0.2) is 33.5 Å². The van der Waals surface area contributed by atoms with Crippen molar-refractivity contribution in [2.45, 2.75) is 31.7 Å². The molecule has 1 amide bonds. The largest absolute Gasteiger partial charge is 0.476 e. The first kappa shape index (κ1) is 20.6. The topological polar surface area (TPSA) is 83.5 Å². The molecule has 3 aliphatic carbocycles. The average molecular weight is 439 g/mol. The highest BCUT2D eigenvalue weighted by molar-refractivity contribution is 5.82. The molecule has 1 aliphatic heterocycles. The number of aromatic nitrogens is 2. The number of hydrogen-bond donors (Lipinski definition) is 0. The molecule has 7 nitrogen and oxygen atoms in total. The number of hydrazone groups is 1. The number of aryl methyl sites for hydroxylation is 1. The van der Waals surface area contributed by atoms with E-state index < -0.39 is 17.7 Å². The van der Waals surface area contributed by atoms with Gasteiger partial charge < -0.3 is 4.74 Å². The third-order valence-corrected chi connectivity index (χ3v) is 7.06. The van der Waals surface area contributed by atoms with Crippen molar-refractivity contribution in [3.05, 3.63) is 47.2 Å². The third-order valence-electron chi connectivity index (χ3n) is 7.06. The van der Waals surface area contributed by atoms with Crippen LogP contribution < -0.4 is 4.74 Å². The summed E-state index contributed by atoms with van der Waals surface area (Å²) >= 11 is 0. The van der Waals surface area contributed by atoms with E-state index in [9.17, 15) is 13.6 Å². The van der Waals surface area contributed by atoms with Crippen LogP contribution in [0.2, 0.25) is 0 Å². The van der Waals surface area contributed by atoms with Crippen molar-refractivity contribution in [1.29, 1.82) is 5.26 Å². The Morgan fingerprint density at radius 2 is 1.94 bits per heavy atom. The summed E-state index contributed by atoms with van der Waals surface area (Å²) in [5, 5.41) is 18.9. The third kappa shape index (κ3) is 3.64. The number of amides is 1. The lowest BCUT2D eigenvalue weighted by atomic mass is 9.55. The quantitative estimate of drug-likeness (QED) is 0.713. The van der Waals surface area contributed by atoms with Crippen molar-refractivity contribution in [2.75, 3.05) is 6.61 Å². The Morgan fingerprint density at radius 1 is 1.19 bits per heavy atom. The summed E-state index contributed by atoms with van der Waals surface area (Å²) in [5.41, 5.74) is 0.839. The molecule has 166 valence electrons. The summed E-state index contributed by atoms with van der Waals surface area (Å²) < 4.78 is 34.8. The van der Waals surface area contributed by atoms with Gasteiger partial charge in [0.25, 0.3) is 0 Å². The summed E-state index contributed by atoms with van der Waals surface area (Å²) in [4.78, 5) is 13.4. The van der Waals surface area contributed by atoms with Crippen LogP contribution >= 0.6 is 0 Å². The van der Waals surface area contributed by atoms with Gasteiger partial charge in [0, 0.05) is 37.7 Å². The Hall–Kier alpha value is -3.28. The highest BCUT2D eigenvalue weighted by Crippen LogP contribution is 2.53. The molecule has 3 atom stereocenters. The van der Waals surface area contributed by atoms with Crippen molar-refractivity contribution in [3.63, 3.8) is 0 Å². The monoisotopic (exact) mass is 439 g/mol. The lowest BCUT2D eigenvalue weighted by Gasteiger charge is -2.51. The number of benzene rings is 1. The van der Waals surface area contributed by atoms with Gasteiger partial charge in [-0.2, -0.15) is 10.4 Å². The van der Waals surface area contributed by atoms with Crippen LogP contribution in [0.1, 0.15) is 43.0 Å². The average Bonchev–Trinajstić information content (AvgIpc) is 3.36. The molecule has 4 aliphatic rings. The van der Waals surface area contributed by atoms with Gasteiger partial charge in [-0.1, -0.05) is 0 Å². The summed E-state index contributed by atoms with van der Waals surface area (Å²) in [6, 6.07) is 6.54. The normalized spacial score (nSPS) is 28.3. The summed E-state index contributed by atoms with van der Waals surface area (Å²) in [6.45, 7) is 0.435. The first-order valence-corrected chi connectivity index (χ1v) is 10.8. The van der Waals surface area contributed by atoms with E-state index in [0.29, 0.717) is 48.4 Å². The number of carbonyl (C=O) groups excluding carboxylic acids is 1. The number of halogens is 2. The first-order chi connectivity index (χ1) is 15.4. The number of rotatable bonds is 5. The van der Waals surface area contributed by atoms with E-state index in [1.807, 2.05) is 0 Å². The van der Waals surface area contributed by atoms with Crippen LogP contribution in [-0.2, 0) is 11.8 Å². The molecule has 0 spiro atoms. The van der Waals surface area contributed by atoms with Gasteiger partial charge in [-0.15, -0.1) is 5.10 Å². The number of carbonyl (C=O) groups is 1. The lowest BCUT2D eigenvalue weighted by Crippen LogP contribution is -2.50. The Balaban J connectivity index is 1.27. The Labute approximate surface area is 184 Å². The van der Waals surface area contributed by atoms with Gasteiger partial charge in [0.1, 0.15) is 23.4 Å². The lowest BCUT2D eigenvalue weighted by molar-refractivity contribution is -0.148. The SMILES string of the molecule is Cn1nc(OCC2C[C@H](C(=O)N3N=CCC3c3cc(F)cc(F)c3)C3CC2C3)cc1C#N. The zero-order chi connectivity index (χ0) is 22.4.